The molecule has 1 aliphatic heterocycles. The molecule has 1 aliphatic rings. The molecule has 4 heteroatoms. The molecule has 0 aliphatic carbocycles. The van der Waals surface area contributed by atoms with Crippen LogP contribution < -0.4 is 4.74 Å². The van der Waals surface area contributed by atoms with Crippen molar-refractivity contribution in [3.63, 3.8) is 0 Å². The van der Waals surface area contributed by atoms with Crippen LogP contribution in [0.2, 0.25) is 0 Å². The van der Waals surface area contributed by atoms with Crippen LogP contribution in [0.15, 0.2) is 54.6 Å². The Labute approximate surface area is 136 Å². The molecule has 4 nitrogen and oxygen atoms in total. The van der Waals surface area contributed by atoms with Crippen LogP contribution in [0, 0.1) is 0 Å². The largest absolute Gasteiger partial charge is 0.497 e. The van der Waals surface area contributed by atoms with Gasteiger partial charge in [-0.05, 0) is 36.1 Å². The van der Waals surface area contributed by atoms with E-state index in [1.807, 2.05) is 42.5 Å². The first kappa shape index (κ1) is 15.6. The molecule has 1 heterocycles. The standard InChI is InChI=1S/C19H21NO3/c1-23-16-10-5-9-15(13-16)17-11-6-12-20(17)19(22)18(21)14-7-3-2-4-8-14/h2-5,7-10,13,17-18,21H,6,11-12H2,1H3. The van der Waals surface area contributed by atoms with Crippen molar-refractivity contribution in [2.45, 2.75) is 25.0 Å². The molecule has 120 valence electrons. The van der Waals surface area contributed by atoms with Crippen LogP contribution in [0.3, 0.4) is 0 Å². The van der Waals surface area contributed by atoms with E-state index in [0.717, 1.165) is 24.2 Å². The molecule has 2 unspecified atom stereocenters. The van der Waals surface area contributed by atoms with Gasteiger partial charge in [0, 0.05) is 6.54 Å². The molecule has 0 bridgehead atoms. The number of amides is 1. The van der Waals surface area contributed by atoms with Gasteiger partial charge in [-0.25, -0.2) is 0 Å². The molecular formula is C19H21NO3. The molecule has 3 rings (SSSR count). The second-order valence-electron chi connectivity index (χ2n) is 5.78. The summed E-state index contributed by atoms with van der Waals surface area (Å²) < 4.78 is 5.27. The number of carbonyl (C=O) groups excluding carboxylic acids is 1. The van der Waals surface area contributed by atoms with E-state index < -0.39 is 6.10 Å². The molecule has 0 aromatic heterocycles. The topological polar surface area (TPSA) is 49.8 Å². The smallest absolute Gasteiger partial charge is 0.256 e. The molecule has 1 fully saturated rings. The minimum atomic E-state index is -1.11. The van der Waals surface area contributed by atoms with E-state index in [-0.39, 0.29) is 11.9 Å². The van der Waals surface area contributed by atoms with Crippen LogP contribution >= 0.6 is 0 Å². The Morgan fingerprint density at radius 2 is 2.00 bits per heavy atom. The van der Waals surface area contributed by atoms with Crippen LogP contribution in [-0.2, 0) is 4.79 Å². The highest BCUT2D eigenvalue weighted by molar-refractivity contribution is 5.82. The molecule has 2 atom stereocenters. The van der Waals surface area contributed by atoms with E-state index in [0.29, 0.717) is 12.1 Å². The summed E-state index contributed by atoms with van der Waals surface area (Å²) in [5.41, 5.74) is 1.68. The molecule has 2 aromatic rings. The van der Waals surface area contributed by atoms with Crippen molar-refractivity contribution in [3.05, 3.63) is 65.7 Å². The second kappa shape index (κ2) is 6.84. The first-order valence-corrected chi connectivity index (χ1v) is 7.88. The minimum Gasteiger partial charge on any atom is -0.497 e. The maximum atomic E-state index is 12.7. The van der Waals surface area contributed by atoms with Crippen molar-refractivity contribution >= 4 is 5.91 Å². The Hall–Kier alpha value is -2.33. The third-order valence-corrected chi connectivity index (χ3v) is 4.36. The van der Waals surface area contributed by atoms with E-state index >= 15 is 0 Å². The average Bonchev–Trinajstić information content (AvgIpc) is 3.11. The summed E-state index contributed by atoms with van der Waals surface area (Å²) >= 11 is 0. The molecule has 0 radical (unpaired) electrons. The van der Waals surface area contributed by atoms with Gasteiger partial charge >= 0.3 is 0 Å². The Kier molecular flexibility index (Phi) is 4.63. The van der Waals surface area contributed by atoms with Crippen LogP contribution in [-0.4, -0.2) is 29.6 Å². The fourth-order valence-electron chi connectivity index (χ4n) is 3.16. The van der Waals surface area contributed by atoms with E-state index in [1.165, 1.54) is 0 Å². The van der Waals surface area contributed by atoms with Crippen molar-refractivity contribution < 1.29 is 14.6 Å². The lowest BCUT2D eigenvalue weighted by Gasteiger charge is -2.27. The molecule has 1 N–H and O–H groups in total. The number of rotatable bonds is 4. The molecule has 1 saturated heterocycles. The van der Waals surface area contributed by atoms with Gasteiger partial charge in [-0.3, -0.25) is 4.79 Å². The molecule has 0 spiro atoms. The van der Waals surface area contributed by atoms with Crippen molar-refractivity contribution in [1.29, 1.82) is 0 Å². The number of benzene rings is 2. The zero-order valence-corrected chi connectivity index (χ0v) is 13.2. The number of aliphatic hydroxyl groups is 1. The highest BCUT2D eigenvalue weighted by Crippen LogP contribution is 2.35. The van der Waals surface area contributed by atoms with Crippen LogP contribution in [0.4, 0.5) is 0 Å². The first-order valence-electron chi connectivity index (χ1n) is 7.88. The summed E-state index contributed by atoms with van der Waals surface area (Å²) in [6, 6.07) is 16.9. The quantitative estimate of drug-likeness (QED) is 0.944. The number of hydrogen-bond donors (Lipinski definition) is 1. The van der Waals surface area contributed by atoms with Gasteiger partial charge in [-0.1, -0.05) is 42.5 Å². The van der Waals surface area contributed by atoms with Gasteiger partial charge in [-0.2, -0.15) is 0 Å². The molecular weight excluding hydrogens is 290 g/mol. The van der Waals surface area contributed by atoms with Crippen LogP contribution in [0.5, 0.6) is 5.75 Å². The fourth-order valence-corrected chi connectivity index (χ4v) is 3.16. The number of ether oxygens (including phenoxy) is 1. The summed E-state index contributed by atoms with van der Waals surface area (Å²) in [5.74, 6) is 0.548. The third kappa shape index (κ3) is 3.22. The predicted octanol–water partition coefficient (Wildman–Crippen LogP) is 3.09. The number of likely N-dealkylation sites (tertiary alicyclic amines) is 1. The Bertz CT molecular complexity index is 671. The monoisotopic (exact) mass is 311 g/mol. The van der Waals surface area contributed by atoms with Gasteiger partial charge in [0.25, 0.3) is 5.91 Å². The third-order valence-electron chi connectivity index (χ3n) is 4.36. The maximum absolute atomic E-state index is 12.7. The van der Waals surface area contributed by atoms with Crippen molar-refractivity contribution in [2.75, 3.05) is 13.7 Å². The van der Waals surface area contributed by atoms with Gasteiger partial charge in [0.15, 0.2) is 6.10 Å². The number of nitrogens with zero attached hydrogens (tertiary/aromatic N) is 1. The summed E-state index contributed by atoms with van der Waals surface area (Å²) in [4.78, 5) is 14.5. The Morgan fingerprint density at radius 1 is 1.22 bits per heavy atom. The summed E-state index contributed by atoms with van der Waals surface area (Å²) in [6.07, 6.45) is 0.734. The number of aliphatic hydroxyl groups excluding tert-OH is 1. The normalized spacial score (nSPS) is 18.7. The number of methoxy groups -OCH3 is 1. The van der Waals surface area contributed by atoms with Crippen molar-refractivity contribution in [2.24, 2.45) is 0 Å². The SMILES string of the molecule is COc1cccc(C2CCCN2C(=O)C(O)c2ccccc2)c1. The lowest BCUT2D eigenvalue weighted by molar-refractivity contribution is -0.141. The van der Waals surface area contributed by atoms with E-state index in [2.05, 4.69) is 0 Å². The maximum Gasteiger partial charge on any atom is 0.256 e. The van der Waals surface area contributed by atoms with E-state index in [4.69, 9.17) is 4.74 Å². The van der Waals surface area contributed by atoms with Gasteiger partial charge in [0.2, 0.25) is 0 Å². The fraction of sp³-hybridized carbons (Fsp3) is 0.316. The summed E-state index contributed by atoms with van der Waals surface area (Å²) in [5, 5.41) is 10.4. The van der Waals surface area contributed by atoms with Gasteiger partial charge in [-0.15, -0.1) is 0 Å². The van der Waals surface area contributed by atoms with Gasteiger partial charge in [0.1, 0.15) is 5.75 Å². The average molecular weight is 311 g/mol. The highest BCUT2D eigenvalue weighted by atomic mass is 16.5. The lowest BCUT2D eigenvalue weighted by Crippen LogP contribution is -2.34. The van der Waals surface area contributed by atoms with Gasteiger partial charge in [0.05, 0.1) is 13.2 Å². The number of hydrogen-bond acceptors (Lipinski definition) is 3. The second-order valence-corrected chi connectivity index (χ2v) is 5.78. The Balaban J connectivity index is 1.82. The summed E-state index contributed by atoms with van der Waals surface area (Å²) in [6.45, 7) is 0.671. The lowest BCUT2D eigenvalue weighted by atomic mass is 10.0. The zero-order chi connectivity index (χ0) is 16.2. The highest BCUT2D eigenvalue weighted by Gasteiger charge is 2.33. The Morgan fingerprint density at radius 3 is 2.74 bits per heavy atom. The van der Waals surface area contributed by atoms with Crippen molar-refractivity contribution in [3.8, 4) is 5.75 Å². The molecule has 1 amide bonds. The van der Waals surface area contributed by atoms with Crippen LogP contribution in [0.1, 0.15) is 36.1 Å². The predicted molar refractivity (Wildman–Crippen MR) is 88.1 cm³/mol. The van der Waals surface area contributed by atoms with E-state index in [1.54, 1.807) is 24.1 Å². The minimum absolute atomic E-state index is 0.00374. The zero-order valence-electron chi connectivity index (χ0n) is 13.2. The van der Waals surface area contributed by atoms with Crippen LogP contribution in [0.25, 0.3) is 0 Å². The molecule has 0 saturated carbocycles. The first-order chi connectivity index (χ1) is 11.2. The summed E-state index contributed by atoms with van der Waals surface area (Å²) in [7, 11) is 1.63. The van der Waals surface area contributed by atoms with Gasteiger partial charge < -0.3 is 14.7 Å². The van der Waals surface area contributed by atoms with E-state index in [9.17, 15) is 9.90 Å². The number of carbonyl (C=O) groups is 1. The molecule has 23 heavy (non-hydrogen) atoms. The van der Waals surface area contributed by atoms with Crippen molar-refractivity contribution in [1.82, 2.24) is 4.90 Å². The molecule has 2 aromatic carbocycles.